The van der Waals surface area contributed by atoms with Crippen LogP contribution in [0.3, 0.4) is 0 Å². The van der Waals surface area contributed by atoms with Gasteiger partial charge in [-0.15, -0.1) is 0 Å². The van der Waals surface area contributed by atoms with Crippen LogP contribution in [0.2, 0.25) is 0 Å². The van der Waals surface area contributed by atoms with Crippen molar-refractivity contribution >= 4 is 16.8 Å². The molecule has 1 rings (SSSR count). The minimum absolute atomic E-state index is 0.106. The van der Waals surface area contributed by atoms with Crippen molar-refractivity contribution < 1.29 is 9.53 Å². The van der Waals surface area contributed by atoms with E-state index in [9.17, 15) is 4.79 Å². The Hall–Kier alpha value is -0.0800. The van der Waals surface area contributed by atoms with Crippen LogP contribution in [0.5, 0.6) is 0 Å². The van der Waals surface area contributed by atoms with Gasteiger partial charge in [0.15, 0.2) is 0 Å². The van der Waals surface area contributed by atoms with Crippen molar-refractivity contribution in [3.8, 4) is 0 Å². The number of halogens is 1. The molecule has 9 heavy (non-hydrogen) atoms. The van der Waals surface area contributed by atoms with Crippen LogP contribution >= 0.6 is 11.6 Å². The van der Waals surface area contributed by atoms with Gasteiger partial charge in [0.2, 0.25) is 5.24 Å². The molecule has 1 heterocycles. The maximum atomic E-state index is 10.3. The molecule has 0 amide bonds. The zero-order valence-electron chi connectivity index (χ0n) is 5.10. The van der Waals surface area contributed by atoms with Crippen LogP contribution < -0.4 is 0 Å². The lowest BCUT2D eigenvalue weighted by atomic mass is 10.2. The van der Waals surface area contributed by atoms with Gasteiger partial charge in [-0.1, -0.05) is 0 Å². The molecular weight excluding hydrogens is 140 g/mol. The number of hydrogen-bond acceptors (Lipinski definition) is 2. The van der Waals surface area contributed by atoms with E-state index in [1.807, 2.05) is 0 Å². The summed E-state index contributed by atoms with van der Waals surface area (Å²) in [5.41, 5.74) is 0. The molecule has 0 aliphatic carbocycles. The van der Waals surface area contributed by atoms with Crippen LogP contribution in [0.15, 0.2) is 0 Å². The molecule has 1 aliphatic heterocycles. The van der Waals surface area contributed by atoms with Gasteiger partial charge in [-0.05, 0) is 24.4 Å². The maximum absolute atomic E-state index is 10.3. The van der Waals surface area contributed by atoms with E-state index in [2.05, 4.69) is 0 Å². The quantitative estimate of drug-likeness (QED) is 0.553. The van der Waals surface area contributed by atoms with E-state index in [1.165, 1.54) is 0 Å². The van der Waals surface area contributed by atoms with Gasteiger partial charge in [0.1, 0.15) is 0 Å². The Morgan fingerprint density at radius 1 is 1.78 bits per heavy atom. The number of carbonyl (C=O) groups is 1. The zero-order chi connectivity index (χ0) is 6.69. The monoisotopic (exact) mass is 148 g/mol. The molecule has 2 nitrogen and oxygen atoms in total. The van der Waals surface area contributed by atoms with E-state index in [0.29, 0.717) is 6.42 Å². The number of rotatable bonds is 2. The summed E-state index contributed by atoms with van der Waals surface area (Å²) in [4.78, 5) is 10.3. The van der Waals surface area contributed by atoms with Crippen molar-refractivity contribution in [2.75, 3.05) is 6.61 Å². The summed E-state index contributed by atoms with van der Waals surface area (Å²) in [7, 11) is 0. The van der Waals surface area contributed by atoms with Gasteiger partial charge in [0, 0.05) is 13.0 Å². The van der Waals surface area contributed by atoms with E-state index in [1.54, 1.807) is 0 Å². The lowest BCUT2D eigenvalue weighted by molar-refractivity contribution is -0.113. The largest absolute Gasteiger partial charge is 0.378 e. The van der Waals surface area contributed by atoms with E-state index in [0.717, 1.165) is 19.4 Å². The summed E-state index contributed by atoms with van der Waals surface area (Å²) in [6, 6.07) is 0. The molecule has 0 spiro atoms. The zero-order valence-corrected chi connectivity index (χ0v) is 5.86. The second-order valence-corrected chi connectivity index (χ2v) is 2.62. The smallest absolute Gasteiger partial charge is 0.224 e. The first kappa shape index (κ1) is 7.03. The lowest BCUT2D eigenvalue weighted by Gasteiger charge is -2.02. The molecule has 1 atom stereocenters. The Bertz CT molecular complexity index is 108. The summed E-state index contributed by atoms with van der Waals surface area (Å²) in [6.07, 6.45) is 2.53. The minimum Gasteiger partial charge on any atom is -0.378 e. The van der Waals surface area contributed by atoms with Crippen molar-refractivity contribution in [2.45, 2.75) is 25.4 Å². The van der Waals surface area contributed by atoms with Gasteiger partial charge >= 0.3 is 0 Å². The summed E-state index contributed by atoms with van der Waals surface area (Å²) in [6.45, 7) is 0.787. The van der Waals surface area contributed by atoms with Crippen LogP contribution in [-0.2, 0) is 9.53 Å². The highest BCUT2D eigenvalue weighted by Crippen LogP contribution is 2.15. The van der Waals surface area contributed by atoms with Crippen LogP contribution in [0.25, 0.3) is 0 Å². The molecule has 52 valence electrons. The second-order valence-electron chi connectivity index (χ2n) is 2.19. The Morgan fingerprint density at radius 2 is 2.56 bits per heavy atom. The molecule has 1 saturated heterocycles. The van der Waals surface area contributed by atoms with Crippen molar-refractivity contribution in [1.29, 1.82) is 0 Å². The van der Waals surface area contributed by atoms with Crippen molar-refractivity contribution in [2.24, 2.45) is 0 Å². The van der Waals surface area contributed by atoms with Gasteiger partial charge < -0.3 is 4.74 Å². The Labute approximate surface area is 59.1 Å². The highest BCUT2D eigenvalue weighted by molar-refractivity contribution is 6.63. The van der Waals surface area contributed by atoms with Gasteiger partial charge in [-0.25, -0.2) is 0 Å². The topological polar surface area (TPSA) is 26.3 Å². The molecule has 0 aromatic rings. The van der Waals surface area contributed by atoms with Crippen LogP contribution in [0, 0.1) is 0 Å². The fraction of sp³-hybridized carbons (Fsp3) is 0.833. The molecule has 1 fully saturated rings. The molecule has 3 heteroatoms. The molecule has 0 aromatic heterocycles. The highest BCUT2D eigenvalue weighted by atomic mass is 35.5. The van der Waals surface area contributed by atoms with E-state index in [-0.39, 0.29) is 11.3 Å². The minimum atomic E-state index is -0.290. The Kier molecular flexibility index (Phi) is 2.49. The van der Waals surface area contributed by atoms with Crippen LogP contribution in [0.1, 0.15) is 19.3 Å². The third kappa shape index (κ3) is 2.33. The summed E-state index contributed by atoms with van der Waals surface area (Å²) < 4.78 is 5.16. The predicted octanol–water partition coefficient (Wildman–Crippen LogP) is 1.32. The maximum Gasteiger partial charge on any atom is 0.224 e. The Morgan fingerprint density at radius 3 is 3.00 bits per heavy atom. The molecule has 0 radical (unpaired) electrons. The average molecular weight is 149 g/mol. The second kappa shape index (κ2) is 3.18. The molecule has 0 saturated carbocycles. The molecule has 0 bridgehead atoms. The summed E-state index contributed by atoms with van der Waals surface area (Å²) in [5.74, 6) is 0. The van der Waals surface area contributed by atoms with Gasteiger partial charge in [0.25, 0.3) is 0 Å². The van der Waals surface area contributed by atoms with Crippen LogP contribution in [-0.4, -0.2) is 18.0 Å². The van der Waals surface area contributed by atoms with Gasteiger partial charge in [-0.3, -0.25) is 4.79 Å². The number of hydrogen-bond donors (Lipinski definition) is 0. The SMILES string of the molecule is O=C(Cl)C[C@H]1CCCO1. The van der Waals surface area contributed by atoms with E-state index < -0.39 is 0 Å². The predicted molar refractivity (Wildman–Crippen MR) is 34.5 cm³/mol. The average Bonchev–Trinajstić information content (AvgIpc) is 2.15. The fourth-order valence-electron chi connectivity index (χ4n) is 0.984. The normalized spacial score (nSPS) is 26.6. The highest BCUT2D eigenvalue weighted by Gasteiger charge is 2.17. The molecule has 0 aromatic carbocycles. The van der Waals surface area contributed by atoms with E-state index >= 15 is 0 Å². The Balaban J connectivity index is 2.19. The first-order chi connectivity index (χ1) is 4.29. The van der Waals surface area contributed by atoms with Gasteiger partial charge in [0.05, 0.1) is 6.10 Å². The third-order valence-corrected chi connectivity index (χ3v) is 1.57. The molecular formula is C6H9ClO2. The van der Waals surface area contributed by atoms with E-state index in [4.69, 9.17) is 16.3 Å². The molecule has 0 unspecified atom stereocenters. The molecule has 0 N–H and O–H groups in total. The summed E-state index contributed by atoms with van der Waals surface area (Å²) in [5, 5.41) is -0.290. The number of carbonyl (C=O) groups excluding carboxylic acids is 1. The standard InChI is InChI=1S/C6H9ClO2/c7-6(8)4-5-2-1-3-9-5/h5H,1-4H2/t5-/m1/s1. The number of ether oxygens (including phenoxy) is 1. The van der Waals surface area contributed by atoms with Crippen molar-refractivity contribution in [1.82, 2.24) is 0 Å². The van der Waals surface area contributed by atoms with Gasteiger partial charge in [-0.2, -0.15) is 0 Å². The fourth-order valence-corrected chi connectivity index (χ4v) is 1.16. The lowest BCUT2D eigenvalue weighted by Crippen LogP contribution is -2.07. The third-order valence-electron chi connectivity index (χ3n) is 1.41. The van der Waals surface area contributed by atoms with Crippen LogP contribution in [0.4, 0.5) is 0 Å². The van der Waals surface area contributed by atoms with Crippen molar-refractivity contribution in [3.05, 3.63) is 0 Å². The van der Waals surface area contributed by atoms with Crippen molar-refractivity contribution in [3.63, 3.8) is 0 Å². The first-order valence-electron chi connectivity index (χ1n) is 3.09. The molecule has 1 aliphatic rings. The summed E-state index contributed by atoms with van der Waals surface area (Å²) >= 11 is 5.14. The first-order valence-corrected chi connectivity index (χ1v) is 3.47.